The topological polar surface area (TPSA) is 59.4 Å². The molecule has 2 amide bonds. The quantitative estimate of drug-likeness (QED) is 0.281. The number of carbonyl (C=O) groups is 1. The monoisotopic (exact) mass is 538 g/mol. The normalized spacial score (nSPS) is 15.1. The number of fused-ring (bicyclic) bond motifs is 1. The maximum Gasteiger partial charge on any atom is 0.328 e. The van der Waals surface area contributed by atoms with Crippen molar-refractivity contribution in [1.82, 2.24) is 9.78 Å². The fourth-order valence-electron chi connectivity index (χ4n) is 4.92. The molecule has 0 fully saturated rings. The summed E-state index contributed by atoms with van der Waals surface area (Å²) in [7, 11) is 1.60. The van der Waals surface area contributed by atoms with E-state index in [0.29, 0.717) is 16.6 Å². The summed E-state index contributed by atoms with van der Waals surface area (Å²) in [6.45, 7) is 6.02. The molecule has 6 nitrogen and oxygen atoms in total. The summed E-state index contributed by atoms with van der Waals surface area (Å²) in [5.41, 5.74) is 4.04. The first-order chi connectivity index (χ1) is 17.7. The maximum absolute atomic E-state index is 15.4. The van der Waals surface area contributed by atoms with Crippen molar-refractivity contribution in [2.75, 3.05) is 17.3 Å². The second-order valence-electron chi connectivity index (χ2n) is 9.16. The molecule has 190 valence electrons. The van der Waals surface area contributed by atoms with Gasteiger partial charge in [0.2, 0.25) is 0 Å². The summed E-state index contributed by atoms with van der Waals surface area (Å²) < 4.78 is 22.8. The average Bonchev–Trinajstić information content (AvgIpc) is 3.24. The number of benzene rings is 3. The summed E-state index contributed by atoms with van der Waals surface area (Å²) in [6, 6.07) is 16.4. The van der Waals surface area contributed by atoms with E-state index < -0.39 is 17.9 Å². The van der Waals surface area contributed by atoms with Crippen LogP contribution in [0, 0.1) is 12.7 Å². The molecule has 5 rings (SSSR count). The summed E-state index contributed by atoms with van der Waals surface area (Å²) >= 11 is 12.4. The van der Waals surface area contributed by atoms with Crippen LogP contribution in [0.25, 0.3) is 5.69 Å². The number of nitrogens with zero attached hydrogens (tertiary/aromatic N) is 3. The first kappa shape index (κ1) is 25.1. The number of aromatic nitrogens is 2. The molecule has 9 heteroatoms. The molecule has 1 aliphatic heterocycles. The Labute approximate surface area is 224 Å². The number of carbonyl (C=O) groups excluding carboxylic acids is 1. The van der Waals surface area contributed by atoms with Crippen LogP contribution < -0.4 is 15.0 Å². The number of amides is 2. The van der Waals surface area contributed by atoms with Gasteiger partial charge in [0, 0.05) is 10.6 Å². The number of urea groups is 1. The number of halogens is 3. The Bertz CT molecular complexity index is 1520. The number of hydrogen-bond acceptors (Lipinski definition) is 3. The number of anilines is 2. The van der Waals surface area contributed by atoms with Crippen LogP contribution in [0.5, 0.6) is 5.75 Å². The number of para-hydroxylation sites is 2. The van der Waals surface area contributed by atoms with E-state index in [1.807, 2.05) is 43.3 Å². The molecule has 0 radical (unpaired) electrons. The molecule has 4 aromatic rings. The lowest BCUT2D eigenvalue weighted by atomic mass is 9.89. The highest BCUT2D eigenvalue weighted by Crippen LogP contribution is 2.47. The molecule has 1 aromatic heterocycles. The lowest BCUT2D eigenvalue weighted by Crippen LogP contribution is -2.44. The number of aryl methyl sites for hydroxylation is 1. The van der Waals surface area contributed by atoms with Gasteiger partial charge >= 0.3 is 6.03 Å². The molecular formula is C28H25Cl2FN4O2. The Hall–Kier alpha value is -3.55. The van der Waals surface area contributed by atoms with Gasteiger partial charge in [-0.25, -0.2) is 13.9 Å². The Morgan fingerprint density at radius 2 is 1.78 bits per heavy atom. The third kappa shape index (κ3) is 4.22. The zero-order valence-electron chi connectivity index (χ0n) is 20.7. The molecule has 1 N–H and O–H groups in total. The Balaban J connectivity index is 1.85. The maximum atomic E-state index is 15.4. The van der Waals surface area contributed by atoms with Crippen molar-refractivity contribution >= 4 is 40.7 Å². The van der Waals surface area contributed by atoms with Gasteiger partial charge in [-0.05, 0) is 60.4 Å². The first-order valence-corrected chi connectivity index (χ1v) is 12.5. The predicted octanol–water partition coefficient (Wildman–Crippen LogP) is 7.90. The molecule has 0 aliphatic carbocycles. The van der Waals surface area contributed by atoms with Gasteiger partial charge in [-0.3, -0.25) is 10.2 Å². The molecule has 0 saturated heterocycles. The van der Waals surface area contributed by atoms with E-state index in [1.54, 1.807) is 30.0 Å². The van der Waals surface area contributed by atoms with Crippen LogP contribution in [-0.2, 0) is 0 Å². The summed E-state index contributed by atoms with van der Waals surface area (Å²) in [5.74, 6) is 0.338. The van der Waals surface area contributed by atoms with Crippen LogP contribution in [0.3, 0.4) is 0 Å². The summed E-state index contributed by atoms with van der Waals surface area (Å²) in [4.78, 5) is 15.0. The van der Waals surface area contributed by atoms with Gasteiger partial charge in [-0.15, -0.1) is 5.10 Å². The first-order valence-electron chi connectivity index (χ1n) is 11.8. The molecule has 0 bridgehead atoms. The van der Waals surface area contributed by atoms with Crippen molar-refractivity contribution in [3.63, 3.8) is 0 Å². The number of rotatable bonds is 5. The van der Waals surface area contributed by atoms with Crippen LogP contribution >= 0.6 is 23.2 Å². The van der Waals surface area contributed by atoms with E-state index in [9.17, 15) is 4.79 Å². The molecule has 0 unspecified atom stereocenters. The summed E-state index contributed by atoms with van der Waals surface area (Å²) in [6.07, 6.45) is 0. The van der Waals surface area contributed by atoms with Crippen molar-refractivity contribution < 1.29 is 13.9 Å². The van der Waals surface area contributed by atoms with Gasteiger partial charge < -0.3 is 4.74 Å². The van der Waals surface area contributed by atoms with E-state index in [4.69, 9.17) is 33.0 Å². The van der Waals surface area contributed by atoms with Crippen LogP contribution in [0.15, 0.2) is 60.7 Å². The van der Waals surface area contributed by atoms with E-state index in [0.717, 1.165) is 28.1 Å². The van der Waals surface area contributed by atoms with Gasteiger partial charge in [-0.1, -0.05) is 61.3 Å². The van der Waals surface area contributed by atoms with Crippen molar-refractivity contribution in [1.29, 1.82) is 0 Å². The van der Waals surface area contributed by atoms with Crippen molar-refractivity contribution in [3.8, 4) is 11.4 Å². The standard InChI is InChI=1S/C28H25Cl2FN4O2/c1-15(2)25-23-26(18-13-12-17(29)14-16(18)3)34(21-10-7-8-19(30)24(21)31)28(36)32-27(23)33-35(25)20-9-5-6-11-22(20)37-4/h5-15,26H,1-4H3,(H,32,33,36)/t26-/m1/s1. The average molecular weight is 539 g/mol. The van der Waals surface area contributed by atoms with Crippen LogP contribution in [0.4, 0.5) is 20.7 Å². The number of methoxy groups -OCH3 is 1. The van der Waals surface area contributed by atoms with Gasteiger partial charge in [-0.2, -0.15) is 0 Å². The van der Waals surface area contributed by atoms with Gasteiger partial charge in [0.15, 0.2) is 11.6 Å². The van der Waals surface area contributed by atoms with E-state index in [2.05, 4.69) is 19.2 Å². The predicted molar refractivity (Wildman–Crippen MR) is 145 cm³/mol. The van der Waals surface area contributed by atoms with Crippen molar-refractivity contribution in [2.45, 2.75) is 32.7 Å². The molecule has 37 heavy (non-hydrogen) atoms. The highest BCUT2D eigenvalue weighted by atomic mass is 35.5. The minimum absolute atomic E-state index is 0.0164. The van der Waals surface area contributed by atoms with Gasteiger partial charge in [0.25, 0.3) is 0 Å². The highest BCUT2D eigenvalue weighted by Gasteiger charge is 2.42. The fraction of sp³-hybridized carbons (Fsp3) is 0.214. The lowest BCUT2D eigenvalue weighted by molar-refractivity contribution is 0.254. The van der Waals surface area contributed by atoms with Crippen LogP contribution in [-0.4, -0.2) is 22.9 Å². The largest absolute Gasteiger partial charge is 0.494 e. The zero-order chi connectivity index (χ0) is 26.4. The molecule has 1 aliphatic rings. The Morgan fingerprint density at radius 3 is 2.49 bits per heavy atom. The zero-order valence-corrected chi connectivity index (χ0v) is 22.2. The molecule has 1 atom stereocenters. The molecular weight excluding hydrogens is 514 g/mol. The van der Waals surface area contributed by atoms with Gasteiger partial charge in [0.05, 0.1) is 29.6 Å². The smallest absolute Gasteiger partial charge is 0.328 e. The molecule has 3 aromatic carbocycles. The number of nitrogens with one attached hydrogen (secondary N) is 1. The second-order valence-corrected chi connectivity index (χ2v) is 10.0. The highest BCUT2D eigenvalue weighted by molar-refractivity contribution is 6.31. The summed E-state index contributed by atoms with van der Waals surface area (Å²) in [5, 5.41) is 8.20. The van der Waals surface area contributed by atoms with Crippen molar-refractivity contribution in [3.05, 3.63) is 98.9 Å². The van der Waals surface area contributed by atoms with Crippen LogP contribution in [0.1, 0.15) is 48.2 Å². The van der Waals surface area contributed by atoms with Crippen molar-refractivity contribution in [2.24, 2.45) is 0 Å². The number of hydrogen-bond donors (Lipinski definition) is 1. The third-order valence-electron chi connectivity index (χ3n) is 6.51. The van der Waals surface area contributed by atoms with E-state index in [-0.39, 0.29) is 16.6 Å². The van der Waals surface area contributed by atoms with E-state index >= 15 is 4.39 Å². The Morgan fingerprint density at radius 1 is 1.05 bits per heavy atom. The van der Waals surface area contributed by atoms with E-state index in [1.165, 1.54) is 11.0 Å². The second kappa shape index (κ2) is 9.72. The minimum Gasteiger partial charge on any atom is -0.494 e. The number of ether oxygens (including phenoxy) is 1. The Kier molecular flexibility index (Phi) is 6.60. The van der Waals surface area contributed by atoms with Crippen LogP contribution in [0.2, 0.25) is 10.0 Å². The fourth-order valence-corrected chi connectivity index (χ4v) is 5.32. The lowest BCUT2D eigenvalue weighted by Gasteiger charge is -2.37. The SMILES string of the molecule is COc1ccccc1-n1nc2c(c1C(C)C)[C@@H](c1ccc(Cl)cc1C)N(c1cccc(Cl)c1F)C(=O)N2. The molecule has 0 saturated carbocycles. The minimum atomic E-state index is -0.699. The van der Waals surface area contributed by atoms with Gasteiger partial charge in [0.1, 0.15) is 11.4 Å². The molecule has 2 heterocycles. The molecule has 0 spiro atoms. The third-order valence-corrected chi connectivity index (χ3v) is 7.04.